The zero-order valence-corrected chi connectivity index (χ0v) is 20.7. The summed E-state index contributed by atoms with van der Waals surface area (Å²) in [6, 6.07) is 2.11. The number of aromatic hydroxyl groups is 1. The van der Waals surface area contributed by atoms with E-state index in [2.05, 4.69) is 20.8 Å². The Kier molecular flexibility index (Phi) is 6.18. The number of ether oxygens (including phenoxy) is 1. The Bertz CT molecular complexity index is 995. The van der Waals surface area contributed by atoms with E-state index in [1.165, 1.54) is 19.2 Å². The monoisotopic (exact) mass is 460 g/mol. The summed E-state index contributed by atoms with van der Waals surface area (Å²) in [5, 5.41) is 20.5. The fourth-order valence-electron chi connectivity index (χ4n) is 3.80. The number of amides is 2. The molecule has 2 aliphatic rings. The minimum absolute atomic E-state index is 0.0832. The van der Waals surface area contributed by atoms with Gasteiger partial charge in [-0.15, -0.1) is 0 Å². The Labute approximate surface area is 189 Å². The molecule has 2 atom stereocenters. The van der Waals surface area contributed by atoms with Gasteiger partial charge in [-0.05, 0) is 43.1 Å². The molecule has 0 spiro atoms. The van der Waals surface area contributed by atoms with Crippen molar-refractivity contribution in [1.29, 1.82) is 0 Å². The van der Waals surface area contributed by atoms with Gasteiger partial charge in [0.25, 0.3) is 5.91 Å². The molecule has 32 heavy (non-hydrogen) atoms. The predicted octanol–water partition coefficient (Wildman–Crippen LogP) is 4.92. The number of hydrogen-bond donors (Lipinski definition) is 2. The lowest BCUT2D eigenvalue weighted by Gasteiger charge is -2.44. The quantitative estimate of drug-likeness (QED) is 0.619. The third-order valence-electron chi connectivity index (χ3n) is 6.52. The molecule has 0 fully saturated rings. The van der Waals surface area contributed by atoms with E-state index in [4.69, 9.17) is 9.16 Å². The van der Waals surface area contributed by atoms with Gasteiger partial charge < -0.3 is 24.3 Å². The fourth-order valence-corrected chi connectivity index (χ4v) is 5.02. The van der Waals surface area contributed by atoms with Crippen molar-refractivity contribution in [2.75, 3.05) is 12.0 Å². The molecule has 2 unspecified atom stereocenters. The first-order chi connectivity index (χ1) is 14.8. The maximum absolute atomic E-state index is 13.6. The van der Waals surface area contributed by atoms with E-state index in [0.717, 1.165) is 10.5 Å². The van der Waals surface area contributed by atoms with Gasteiger partial charge in [0.15, 0.2) is 26.0 Å². The van der Waals surface area contributed by atoms with Crippen LogP contribution in [0.1, 0.15) is 44.5 Å². The standard InChI is InChI=1S/C23H32N2O6Si/c1-8-9-14-10-17-21(31-32(6,7)23(2,3)4)25(22(28)29)16-12-18(26)19(30-5)11-15(16)20(27)24(17)13-14/h8-9,11-13,17,21,26H,10H2,1-7H3,(H,28,29). The minimum atomic E-state index is -2.45. The molecule has 0 aliphatic carbocycles. The second-order valence-electron chi connectivity index (χ2n) is 9.65. The first kappa shape index (κ1) is 23.9. The van der Waals surface area contributed by atoms with E-state index in [9.17, 15) is 19.8 Å². The molecular formula is C23H32N2O6Si. The van der Waals surface area contributed by atoms with Gasteiger partial charge in [0.05, 0.1) is 24.4 Å². The third kappa shape index (κ3) is 4.02. The molecule has 0 aromatic heterocycles. The number of hydrogen-bond acceptors (Lipinski definition) is 5. The van der Waals surface area contributed by atoms with E-state index in [1.807, 2.05) is 32.2 Å². The van der Waals surface area contributed by atoms with Crippen molar-refractivity contribution in [3.63, 3.8) is 0 Å². The van der Waals surface area contributed by atoms with Gasteiger partial charge in [-0.3, -0.25) is 4.79 Å². The van der Waals surface area contributed by atoms with Crippen molar-refractivity contribution >= 4 is 26.0 Å². The van der Waals surface area contributed by atoms with Crippen LogP contribution in [0, 0.1) is 0 Å². The van der Waals surface area contributed by atoms with E-state index < -0.39 is 26.7 Å². The van der Waals surface area contributed by atoms with Gasteiger partial charge in [-0.2, -0.15) is 0 Å². The molecule has 9 heteroatoms. The summed E-state index contributed by atoms with van der Waals surface area (Å²) in [6.45, 7) is 12.2. The van der Waals surface area contributed by atoms with Crippen LogP contribution in [0.5, 0.6) is 11.5 Å². The maximum Gasteiger partial charge on any atom is 0.414 e. The molecule has 2 N–H and O–H groups in total. The van der Waals surface area contributed by atoms with E-state index in [0.29, 0.717) is 6.42 Å². The summed E-state index contributed by atoms with van der Waals surface area (Å²) >= 11 is 0. The van der Waals surface area contributed by atoms with E-state index in [-0.39, 0.29) is 33.7 Å². The molecule has 2 aliphatic heterocycles. The lowest BCUT2D eigenvalue weighted by molar-refractivity contribution is 0.0603. The van der Waals surface area contributed by atoms with Crippen LogP contribution in [0.25, 0.3) is 0 Å². The Balaban J connectivity index is 2.26. The molecule has 174 valence electrons. The summed E-state index contributed by atoms with van der Waals surface area (Å²) in [5.41, 5.74) is 1.13. The van der Waals surface area contributed by atoms with Crippen molar-refractivity contribution in [2.45, 2.75) is 64.5 Å². The van der Waals surface area contributed by atoms with Gasteiger partial charge in [-0.1, -0.05) is 32.9 Å². The van der Waals surface area contributed by atoms with E-state index >= 15 is 0 Å². The number of phenols is 1. The second-order valence-corrected chi connectivity index (χ2v) is 14.4. The van der Waals surface area contributed by atoms with Crippen molar-refractivity contribution in [1.82, 2.24) is 4.90 Å². The molecule has 8 nitrogen and oxygen atoms in total. The summed E-state index contributed by atoms with van der Waals surface area (Å²) in [5.74, 6) is -0.515. The van der Waals surface area contributed by atoms with Crippen LogP contribution in [-0.4, -0.2) is 54.8 Å². The van der Waals surface area contributed by atoms with Crippen LogP contribution < -0.4 is 9.64 Å². The number of rotatable bonds is 4. The average molecular weight is 461 g/mol. The highest BCUT2D eigenvalue weighted by Gasteiger charge is 2.50. The van der Waals surface area contributed by atoms with E-state index in [1.54, 1.807) is 11.1 Å². The topological polar surface area (TPSA) is 99.5 Å². The largest absolute Gasteiger partial charge is 0.504 e. The molecule has 2 heterocycles. The van der Waals surface area contributed by atoms with Gasteiger partial charge in [-0.25, -0.2) is 9.69 Å². The third-order valence-corrected chi connectivity index (χ3v) is 11.0. The molecule has 2 amide bonds. The van der Waals surface area contributed by atoms with Gasteiger partial charge in [0.2, 0.25) is 0 Å². The highest BCUT2D eigenvalue weighted by molar-refractivity contribution is 6.74. The summed E-state index contributed by atoms with van der Waals surface area (Å²) in [4.78, 5) is 28.8. The van der Waals surface area contributed by atoms with Crippen LogP contribution in [0.3, 0.4) is 0 Å². The number of fused-ring (bicyclic) bond motifs is 2. The van der Waals surface area contributed by atoms with Crippen LogP contribution in [0.4, 0.5) is 10.5 Å². The average Bonchev–Trinajstić information content (AvgIpc) is 3.06. The van der Waals surface area contributed by atoms with Gasteiger partial charge >= 0.3 is 6.09 Å². The highest BCUT2D eigenvalue weighted by atomic mass is 28.4. The summed E-state index contributed by atoms with van der Waals surface area (Å²) in [7, 11) is -1.07. The molecule has 1 aromatic rings. The Morgan fingerprint density at radius 1 is 1.28 bits per heavy atom. The molecule has 0 bridgehead atoms. The summed E-state index contributed by atoms with van der Waals surface area (Å²) < 4.78 is 11.8. The van der Waals surface area contributed by atoms with Crippen LogP contribution >= 0.6 is 0 Å². The lowest BCUT2D eigenvalue weighted by atomic mass is 10.1. The fraction of sp³-hybridized carbons (Fsp3) is 0.478. The minimum Gasteiger partial charge on any atom is -0.504 e. The number of carbonyl (C=O) groups excluding carboxylic acids is 1. The first-order valence-electron chi connectivity index (χ1n) is 10.6. The zero-order valence-electron chi connectivity index (χ0n) is 19.7. The smallest absolute Gasteiger partial charge is 0.414 e. The van der Waals surface area contributed by atoms with Crippen molar-refractivity contribution in [3.8, 4) is 11.5 Å². The number of benzene rings is 1. The number of carbonyl (C=O) groups is 2. The molecule has 0 saturated heterocycles. The number of methoxy groups -OCH3 is 1. The SMILES string of the molecule is CC=CC1=CN2C(=O)c3cc(OC)c(O)cc3N(C(=O)O)C(O[Si](C)(C)C(C)(C)C)C2C1. The number of anilines is 1. The predicted molar refractivity (Wildman–Crippen MR) is 125 cm³/mol. The molecule has 3 rings (SSSR count). The Morgan fingerprint density at radius 2 is 1.94 bits per heavy atom. The highest BCUT2D eigenvalue weighted by Crippen LogP contribution is 2.45. The second kappa shape index (κ2) is 8.29. The molecule has 1 aromatic carbocycles. The number of allylic oxidation sites excluding steroid dienone is 2. The molecule has 0 saturated carbocycles. The Morgan fingerprint density at radius 3 is 2.47 bits per heavy atom. The van der Waals surface area contributed by atoms with Gasteiger partial charge in [0.1, 0.15) is 0 Å². The van der Waals surface area contributed by atoms with Crippen LogP contribution in [0.2, 0.25) is 18.1 Å². The zero-order chi connectivity index (χ0) is 24.0. The molecule has 0 radical (unpaired) electrons. The van der Waals surface area contributed by atoms with Gasteiger partial charge in [0, 0.05) is 12.3 Å². The number of carboxylic acid groups (broad SMARTS) is 1. The maximum atomic E-state index is 13.6. The molecular weight excluding hydrogens is 428 g/mol. The van der Waals surface area contributed by atoms with Crippen LogP contribution in [0.15, 0.2) is 36.1 Å². The first-order valence-corrected chi connectivity index (χ1v) is 13.5. The van der Waals surface area contributed by atoms with Crippen molar-refractivity contribution in [2.24, 2.45) is 0 Å². The summed E-state index contributed by atoms with van der Waals surface area (Å²) in [6.07, 6.45) is 3.81. The lowest BCUT2D eigenvalue weighted by Crippen LogP contribution is -2.57. The number of phenolic OH excluding ortho intramolecular Hbond substituents is 1. The van der Waals surface area contributed by atoms with Crippen molar-refractivity contribution in [3.05, 3.63) is 41.6 Å². The van der Waals surface area contributed by atoms with Crippen LogP contribution in [-0.2, 0) is 4.43 Å². The van der Waals surface area contributed by atoms with Crippen molar-refractivity contribution < 1.29 is 29.0 Å². The Hall–Kier alpha value is -2.78. The normalized spacial score (nSPS) is 21.3. The number of nitrogens with zero attached hydrogens (tertiary/aromatic N) is 2.